The van der Waals surface area contributed by atoms with Gasteiger partial charge < -0.3 is 14.5 Å². The summed E-state index contributed by atoms with van der Waals surface area (Å²) < 4.78 is 19.0. The molecule has 1 aliphatic rings. The fourth-order valence-corrected chi connectivity index (χ4v) is 6.20. The monoisotopic (exact) mass is 443 g/mol. The summed E-state index contributed by atoms with van der Waals surface area (Å²) in [5, 5.41) is 9.67. The molecule has 1 aliphatic heterocycles. The quantitative estimate of drug-likeness (QED) is 0.436. The van der Waals surface area contributed by atoms with E-state index in [-0.39, 0.29) is 25.7 Å². The van der Waals surface area contributed by atoms with Crippen molar-refractivity contribution in [2.24, 2.45) is 0 Å². The summed E-state index contributed by atoms with van der Waals surface area (Å²) in [6, 6.07) is 16.7. The number of hydrogen-bond donors (Lipinski definition) is 1. The Balaban J connectivity index is 1.64. The number of amides is 1. The number of hydrogen-bond acceptors (Lipinski definition) is 4. The van der Waals surface area contributed by atoms with Gasteiger partial charge in [0, 0.05) is 19.1 Å². The zero-order valence-electron chi connectivity index (χ0n) is 17.9. The number of aliphatic carboxylic acids is 1. The van der Waals surface area contributed by atoms with Gasteiger partial charge in [0.25, 0.3) is 0 Å². The van der Waals surface area contributed by atoms with Crippen LogP contribution in [-0.4, -0.2) is 46.9 Å². The van der Waals surface area contributed by atoms with Crippen molar-refractivity contribution in [2.75, 3.05) is 18.9 Å². The number of unbranched alkanes of at least 4 members (excludes halogenated alkanes) is 1. The fourth-order valence-electron chi connectivity index (χ4n) is 4.05. The highest BCUT2D eigenvalue weighted by Crippen LogP contribution is 2.48. The van der Waals surface area contributed by atoms with Crippen LogP contribution in [0.15, 0.2) is 54.6 Å². The van der Waals surface area contributed by atoms with Gasteiger partial charge in [-0.2, -0.15) is 0 Å². The lowest BCUT2D eigenvalue weighted by Crippen LogP contribution is -2.49. The van der Waals surface area contributed by atoms with E-state index in [1.807, 2.05) is 42.5 Å². The maximum absolute atomic E-state index is 13.4. The zero-order valence-corrected chi connectivity index (χ0v) is 18.8. The first-order chi connectivity index (χ1) is 14.9. The van der Waals surface area contributed by atoms with Crippen molar-refractivity contribution in [3.63, 3.8) is 0 Å². The smallest absolute Gasteiger partial charge is 0.326 e. The van der Waals surface area contributed by atoms with Crippen molar-refractivity contribution in [3.8, 4) is 0 Å². The van der Waals surface area contributed by atoms with E-state index in [1.165, 1.54) is 10.5 Å². The number of carboxylic acids is 1. The van der Waals surface area contributed by atoms with Crippen LogP contribution < -0.4 is 0 Å². The number of aryl methyl sites for hydroxylation is 1. The van der Waals surface area contributed by atoms with Crippen molar-refractivity contribution in [1.82, 2.24) is 4.90 Å². The molecule has 31 heavy (non-hydrogen) atoms. The van der Waals surface area contributed by atoms with Crippen LogP contribution in [-0.2, 0) is 38.1 Å². The summed E-state index contributed by atoms with van der Waals surface area (Å²) in [7, 11) is -3.19. The molecule has 0 saturated heterocycles. The van der Waals surface area contributed by atoms with Crippen molar-refractivity contribution in [3.05, 3.63) is 71.3 Å². The Morgan fingerprint density at radius 1 is 1.06 bits per heavy atom. The molecule has 2 aromatic rings. The van der Waals surface area contributed by atoms with Crippen molar-refractivity contribution >= 4 is 19.2 Å². The molecular weight excluding hydrogens is 413 g/mol. The third kappa shape index (κ3) is 6.28. The van der Waals surface area contributed by atoms with Gasteiger partial charge in [-0.3, -0.25) is 9.36 Å². The summed E-state index contributed by atoms with van der Waals surface area (Å²) in [6.07, 6.45) is 2.74. The van der Waals surface area contributed by atoms with Crippen molar-refractivity contribution in [2.45, 2.75) is 45.2 Å². The third-order valence-corrected chi connectivity index (χ3v) is 8.13. The van der Waals surface area contributed by atoms with Gasteiger partial charge in [0.2, 0.25) is 13.3 Å². The van der Waals surface area contributed by atoms with E-state index >= 15 is 0 Å². The highest BCUT2D eigenvalue weighted by atomic mass is 31.2. The largest absolute Gasteiger partial charge is 0.480 e. The van der Waals surface area contributed by atoms with Crippen LogP contribution in [0.1, 0.15) is 36.5 Å². The normalized spacial score (nSPS) is 17.6. The van der Waals surface area contributed by atoms with Crippen molar-refractivity contribution < 1.29 is 23.8 Å². The molecule has 1 unspecified atom stereocenters. The molecule has 2 atom stereocenters. The topological polar surface area (TPSA) is 83.9 Å². The molecule has 0 aliphatic carbocycles. The average Bonchev–Trinajstić information content (AvgIpc) is 2.76. The zero-order chi connectivity index (χ0) is 22.3. The summed E-state index contributed by atoms with van der Waals surface area (Å²) in [5.74, 6) is -1.46. The molecule has 0 spiro atoms. The second-order valence-corrected chi connectivity index (χ2v) is 10.6. The summed E-state index contributed by atoms with van der Waals surface area (Å²) >= 11 is 0. The van der Waals surface area contributed by atoms with Crippen LogP contribution in [0, 0.1) is 0 Å². The number of fused-ring (bicyclic) bond motifs is 1. The lowest BCUT2D eigenvalue weighted by atomic mass is 9.94. The highest BCUT2D eigenvalue weighted by Gasteiger charge is 2.37. The van der Waals surface area contributed by atoms with E-state index in [0.29, 0.717) is 12.6 Å². The minimum atomic E-state index is -3.19. The molecule has 1 amide bonds. The fraction of sp³-hybridized carbons (Fsp3) is 0.417. The number of carbonyl (C=O) groups is 2. The van der Waals surface area contributed by atoms with Gasteiger partial charge in [-0.25, -0.2) is 4.79 Å². The molecule has 0 bridgehead atoms. The molecule has 3 rings (SSSR count). The lowest BCUT2D eigenvalue weighted by molar-refractivity contribution is -0.150. The predicted octanol–water partition coefficient (Wildman–Crippen LogP) is 4.36. The Labute approximate surface area is 183 Å². The van der Waals surface area contributed by atoms with Crippen LogP contribution >= 0.6 is 7.37 Å². The maximum atomic E-state index is 13.4. The van der Waals surface area contributed by atoms with E-state index in [0.717, 1.165) is 24.0 Å². The number of carboxylic acid groups (broad SMARTS) is 1. The SMILES string of the molecule is CCOP(=O)(CCCCc1ccccc1)CC(=O)N1Cc2ccccc2C[C@H]1C(=O)O. The Bertz CT molecular complexity index is 946. The Kier molecular flexibility index (Phi) is 8.05. The van der Waals surface area contributed by atoms with Crippen LogP contribution in [0.25, 0.3) is 0 Å². The van der Waals surface area contributed by atoms with Crippen LogP contribution in [0.2, 0.25) is 0 Å². The molecule has 6 nitrogen and oxygen atoms in total. The first kappa shape index (κ1) is 23.2. The molecular formula is C24H30NO5P. The Hall–Kier alpha value is -2.43. The Morgan fingerprint density at radius 3 is 2.42 bits per heavy atom. The van der Waals surface area contributed by atoms with E-state index in [4.69, 9.17) is 4.52 Å². The van der Waals surface area contributed by atoms with Gasteiger partial charge in [0.05, 0.1) is 6.61 Å². The maximum Gasteiger partial charge on any atom is 0.326 e. The molecule has 0 saturated carbocycles. The van der Waals surface area contributed by atoms with Gasteiger partial charge in [0.15, 0.2) is 0 Å². The average molecular weight is 443 g/mol. The van der Waals surface area contributed by atoms with E-state index in [9.17, 15) is 19.3 Å². The first-order valence-electron chi connectivity index (χ1n) is 10.8. The number of nitrogens with zero attached hydrogens (tertiary/aromatic N) is 1. The molecule has 1 N–H and O–H groups in total. The third-order valence-electron chi connectivity index (χ3n) is 5.65. The summed E-state index contributed by atoms with van der Waals surface area (Å²) in [4.78, 5) is 26.2. The van der Waals surface area contributed by atoms with Crippen LogP contribution in [0.5, 0.6) is 0 Å². The van der Waals surface area contributed by atoms with Crippen LogP contribution in [0.3, 0.4) is 0 Å². The molecule has 0 radical (unpaired) electrons. The minimum Gasteiger partial charge on any atom is -0.480 e. The number of carbonyl (C=O) groups excluding carboxylic acids is 1. The van der Waals surface area contributed by atoms with Crippen LogP contribution in [0.4, 0.5) is 0 Å². The second kappa shape index (κ2) is 10.7. The van der Waals surface area contributed by atoms with Gasteiger partial charge >= 0.3 is 5.97 Å². The molecule has 1 heterocycles. The Morgan fingerprint density at radius 2 is 1.74 bits per heavy atom. The summed E-state index contributed by atoms with van der Waals surface area (Å²) in [6.45, 7) is 2.23. The van der Waals surface area contributed by atoms with Gasteiger partial charge in [0.1, 0.15) is 12.2 Å². The van der Waals surface area contributed by atoms with Gasteiger partial charge in [-0.1, -0.05) is 54.6 Å². The second-order valence-electron chi connectivity index (χ2n) is 7.91. The molecule has 166 valence electrons. The molecule has 2 aromatic carbocycles. The lowest BCUT2D eigenvalue weighted by Gasteiger charge is -2.35. The highest BCUT2D eigenvalue weighted by molar-refractivity contribution is 7.59. The predicted molar refractivity (Wildman–Crippen MR) is 120 cm³/mol. The van der Waals surface area contributed by atoms with E-state index in [1.54, 1.807) is 6.92 Å². The molecule has 0 fully saturated rings. The van der Waals surface area contributed by atoms with Gasteiger partial charge in [-0.15, -0.1) is 0 Å². The molecule has 0 aromatic heterocycles. The standard InChI is InChI=1S/C24H30NO5P/c1-2-30-31(29,15-9-8-12-19-10-4-3-5-11-19)18-23(26)25-17-21-14-7-6-13-20(21)16-22(25)24(27)28/h3-7,10-11,13-14,22H,2,8-9,12,15-18H2,1H3,(H,27,28)/t22-,31?/m0/s1. The number of benzene rings is 2. The van der Waals surface area contributed by atoms with Gasteiger partial charge in [-0.05, 0) is 42.9 Å². The van der Waals surface area contributed by atoms with E-state index < -0.39 is 25.3 Å². The molecule has 7 heteroatoms. The van der Waals surface area contributed by atoms with E-state index in [2.05, 4.69) is 12.1 Å². The minimum absolute atomic E-state index is 0.214. The summed E-state index contributed by atoms with van der Waals surface area (Å²) in [5.41, 5.74) is 3.09. The van der Waals surface area contributed by atoms with Crippen molar-refractivity contribution in [1.29, 1.82) is 0 Å². The number of rotatable bonds is 10. The first-order valence-corrected chi connectivity index (χ1v) is 12.8.